The van der Waals surface area contributed by atoms with Crippen LogP contribution in [0.4, 0.5) is 0 Å². The van der Waals surface area contributed by atoms with Crippen molar-refractivity contribution in [1.29, 1.82) is 0 Å². The molecular formula is C12H26N2O. The molecule has 0 saturated carbocycles. The molecule has 1 rings (SSSR count). The van der Waals surface area contributed by atoms with Crippen molar-refractivity contribution in [2.45, 2.75) is 45.3 Å². The number of piperidine rings is 1. The van der Waals surface area contributed by atoms with Gasteiger partial charge in [-0.2, -0.15) is 0 Å². The molecule has 3 atom stereocenters. The van der Waals surface area contributed by atoms with E-state index in [9.17, 15) is 0 Å². The smallest absolute Gasteiger partial charge is 0.0724 e. The molecule has 90 valence electrons. The Morgan fingerprint density at radius 3 is 2.73 bits per heavy atom. The molecule has 0 amide bonds. The Hall–Kier alpha value is -0.120. The van der Waals surface area contributed by atoms with Crippen LogP contribution in [-0.4, -0.2) is 43.3 Å². The largest absolute Gasteiger partial charge is 0.380 e. The minimum absolute atomic E-state index is 0.0567. The Kier molecular flexibility index (Phi) is 4.56. The van der Waals surface area contributed by atoms with Crippen LogP contribution in [0.3, 0.4) is 0 Å². The molecule has 0 aliphatic carbocycles. The molecule has 0 bridgehead atoms. The standard InChI is InChI=1S/C12H26N2O/c1-5-12(3,13)9-14-7-6-10(2)11(8-14)15-4/h10-11H,5-9,13H2,1-4H3. The molecule has 0 aromatic carbocycles. The summed E-state index contributed by atoms with van der Waals surface area (Å²) in [6.45, 7) is 9.73. The highest BCUT2D eigenvalue weighted by atomic mass is 16.5. The first kappa shape index (κ1) is 12.9. The molecule has 1 fully saturated rings. The number of rotatable bonds is 4. The summed E-state index contributed by atoms with van der Waals surface area (Å²) in [6, 6.07) is 0. The molecule has 3 heteroatoms. The molecule has 1 heterocycles. The van der Waals surface area contributed by atoms with Crippen molar-refractivity contribution in [2.24, 2.45) is 11.7 Å². The molecular weight excluding hydrogens is 188 g/mol. The SMILES string of the molecule is CCC(C)(N)CN1CCC(C)C(OC)C1. The van der Waals surface area contributed by atoms with Crippen molar-refractivity contribution in [2.75, 3.05) is 26.7 Å². The maximum absolute atomic E-state index is 6.19. The maximum Gasteiger partial charge on any atom is 0.0724 e. The molecule has 1 aliphatic heterocycles. The molecule has 2 N–H and O–H groups in total. The molecule has 0 aromatic rings. The van der Waals surface area contributed by atoms with Crippen LogP contribution < -0.4 is 5.73 Å². The minimum Gasteiger partial charge on any atom is -0.380 e. The summed E-state index contributed by atoms with van der Waals surface area (Å²) >= 11 is 0. The van der Waals surface area contributed by atoms with E-state index in [4.69, 9.17) is 10.5 Å². The zero-order chi connectivity index (χ0) is 11.5. The third kappa shape index (κ3) is 3.74. The van der Waals surface area contributed by atoms with Gasteiger partial charge in [-0.15, -0.1) is 0 Å². The van der Waals surface area contributed by atoms with Crippen LogP contribution in [0, 0.1) is 5.92 Å². The summed E-state index contributed by atoms with van der Waals surface area (Å²) in [5.41, 5.74) is 6.13. The monoisotopic (exact) mass is 214 g/mol. The van der Waals surface area contributed by atoms with Gasteiger partial charge in [0.25, 0.3) is 0 Å². The van der Waals surface area contributed by atoms with E-state index in [1.165, 1.54) is 6.42 Å². The van der Waals surface area contributed by atoms with Gasteiger partial charge >= 0.3 is 0 Å². The highest BCUT2D eigenvalue weighted by Crippen LogP contribution is 2.21. The van der Waals surface area contributed by atoms with Gasteiger partial charge in [-0.1, -0.05) is 13.8 Å². The zero-order valence-electron chi connectivity index (χ0n) is 10.6. The Balaban J connectivity index is 2.45. The van der Waals surface area contributed by atoms with Gasteiger partial charge in [-0.25, -0.2) is 0 Å². The average molecular weight is 214 g/mol. The molecule has 1 aliphatic rings. The minimum atomic E-state index is -0.0567. The lowest BCUT2D eigenvalue weighted by Crippen LogP contribution is -2.52. The summed E-state index contributed by atoms with van der Waals surface area (Å²) < 4.78 is 5.50. The van der Waals surface area contributed by atoms with Gasteiger partial charge in [-0.3, -0.25) is 4.90 Å². The Labute approximate surface area is 94.0 Å². The number of hydrogen-bond donors (Lipinski definition) is 1. The maximum atomic E-state index is 6.19. The molecule has 0 radical (unpaired) electrons. The van der Waals surface area contributed by atoms with Gasteiger partial charge in [0, 0.05) is 25.7 Å². The number of nitrogens with zero attached hydrogens (tertiary/aromatic N) is 1. The van der Waals surface area contributed by atoms with E-state index in [1.807, 2.05) is 7.11 Å². The van der Waals surface area contributed by atoms with Gasteiger partial charge in [0.15, 0.2) is 0 Å². The van der Waals surface area contributed by atoms with Crippen LogP contribution in [0.2, 0.25) is 0 Å². The average Bonchev–Trinajstić information content (AvgIpc) is 2.20. The van der Waals surface area contributed by atoms with Crippen LogP contribution >= 0.6 is 0 Å². The summed E-state index contributed by atoms with van der Waals surface area (Å²) in [6.07, 6.45) is 2.63. The van der Waals surface area contributed by atoms with Gasteiger partial charge < -0.3 is 10.5 Å². The third-order valence-electron chi connectivity index (χ3n) is 3.67. The van der Waals surface area contributed by atoms with E-state index in [0.717, 1.165) is 26.1 Å². The first-order valence-electron chi connectivity index (χ1n) is 6.02. The fourth-order valence-corrected chi connectivity index (χ4v) is 2.17. The van der Waals surface area contributed by atoms with Crippen LogP contribution in [0.15, 0.2) is 0 Å². The van der Waals surface area contributed by atoms with Crippen molar-refractivity contribution in [1.82, 2.24) is 4.90 Å². The van der Waals surface area contributed by atoms with E-state index >= 15 is 0 Å². The van der Waals surface area contributed by atoms with Crippen molar-refractivity contribution in [3.8, 4) is 0 Å². The van der Waals surface area contributed by atoms with Crippen molar-refractivity contribution >= 4 is 0 Å². The summed E-state index contributed by atoms with van der Waals surface area (Å²) in [5, 5.41) is 0. The molecule has 3 unspecified atom stereocenters. The topological polar surface area (TPSA) is 38.5 Å². The van der Waals surface area contributed by atoms with Crippen LogP contribution in [-0.2, 0) is 4.74 Å². The number of ether oxygens (including phenoxy) is 1. The number of nitrogens with two attached hydrogens (primary N) is 1. The Morgan fingerprint density at radius 1 is 1.53 bits per heavy atom. The lowest BCUT2D eigenvalue weighted by Gasteiger charge is -2.39. The first-order valence-corrected chi connectivity index (χ1v) is 6.02. The van der Waals surface area contributed by atoms with Crippen molar-refractivity contribution in [3.63, 3.8) is 0 Å². The molecule has 1 saturated heterocycles. The second-order valence-electron chi connectivity index (χ2n) is 5.28. The fourth-order valence-electron chi connectivity index (χ4n) is 2.17. The van der Waals surface area contributed by atoms with Crippen LogP contribution in [0.5, 0.6) is 0 Å². The first-order chi connectivity index (χ1) is 6.98. The summed E-state index contributed by atoms with van der Waals surface area (Å²) in [4.78, 5) is 2.44. The van der Waals surface area contributed by atoms with Gasteiger partial charge in [0.2, 0.25) is 0 Å². The fraction of sp³-hybridized carbons (Fsp3) is 1.00. The van der Waals surface area contributed by atoms with E-state index in [2.05, 4.69) is 25.7 Å². The summed E-state index contributed by atoms with van der Waals surface area (Å²) in [7, 11) is 1.81. The quantitative estimate of drug-likeness (QED) is 0.770. The lowest BCUT2D eigenvalue weighted by atomic mass is 9.93. The third-order valence-corrected chi connectivity index (χ3v) is 3.67. The van der Waals surface area contributed by atoms with Gasteiger partial charge in [0.05, 0.1) is 6.10 Å². The van der Waals surface area contributed by atoms with E-state index in [0.29, 0.717) is 12.0 Å². The van der Waals surface area contributed by atoms with Crippen LogP contribution in [0.25, 0.3) is 0 Å². The number of methoxy groups -OCH3 is 1. The molecule has 15 heavy (non-hydrogen) atoms. The van der Waals surface area contributed by atoms with Crippen molar-refractivity contribution < 1.29 is 4.74 Å². The van der Waals surface area contributed by atoms with Crippen LogP contribution in [0.1, 0.15) is 33.6 Å². The highest BCUT2D eigenvalue weighted by Gasteiger charge is 2.29. The second kappa shape index (κ2) is 5.28. The zero-order valence-corrected chi connectivity index (χ0v) is 10.6. The highest BCUT2D eigenvalue weighted by molar-refractivity contribution is 4.86. The van der Waals surface area contributed by atoms with Gasteiger partial charge in [-0.05, 0) is 32.2 Å². The van der Waals surface area contributed by atoms with Crippen molar-refractivity contribution in [3.05, 3.63) is 0 Å². The Morgan fingerprint density at radius 2 is 2.20 bits per heavy atom. The number of likely N-dealkylation sites (tertiary alicyclic amines) is 1. The van der Waals surface area contributed by atoms with E-state index in [1.54, 1.807) is 0 Å². The molecule has 0 spiro atoms. The second-order valence-corrected chi connectivity index (χ2v) is 5.28. The molecule has 0 aromatic heterocycles. The normalized spacial score (nSPS) is 32.6. The predicted octanol–water partition coefficient (Wildman–Crippen LogP) is 1.47. The molecule has 3 nitrogen and oxygen atoms in total. The predicted molar refractivity (Wildman–Crippen MR) is 63.9 cm³/mol. The lowest BCUT2D eigenvalue weighted by molar-refractivity contribution is -0.0104. The Bertz CT molecular complexity index is 194. The van der Waals surface area contributed by atoms with Gasteiger partial charge in [0.1, 0.15) is 0 Å². The number of hydrogen-bond acceptors (Lipinski definition) is 3. The van der Waals surface area contributed by atoms with E-state index < -0.39 is 0 Å². The summed E-state index contributed by atoms with van der Waals surface area (Å²) in [5.74, 6) is 0.678. The van der Waals surface area contributed by atoms with E-state index in [-0.39, 0.29) is 5.54 Å².